The number of hydrogen-bond donors (Lipinski definition) is 1. The number of hydrogen-bond acceptors (Lipinski definition) is 5. The zero-order chi connectivity index (χ0) is 35.2. The first-order valence-electron chi connectivity index (χ1n) is 15.1. The van der Waals surface area contributed by atoms with Crippen LogP contribution in [0.15, 0.2) is 100 Å². The lowest BCUT2D eigenvalue weighted by Crippen LogP contribution is -2.56. The number of nitrogens with one attached hydrogen (secondary N) is 1. The fourth-order valence-electron chi connectivity index (χ4n) is 5.02. The number of ether oxygens (including phenoxy) is 1. The molecule has 0 saturated carbocycles. The zero-order valence-corrected chi connectivity index (χ0v) is 31.3. The fraction of sp³-hybridized carbons (Fsp3) is 0.278. The maximum Gasteiger partial charge on any atom is 0.264 e. The Morgan fingerprint density at radius 2 is 1.56 bits per heavy atom. The van der Waals surface area contributed by atoms with E-state index in [4.69, 9.17) is 27.9 Å². The van der Waals surface area contributed by atoms with Gasteiger partial charge in [-0.1, -0.05) is 77.3 Å². The van der Waals surface area contributed by atoms with Crippen molar-refractivity contribution < 1.29 is 22.7 Å². The number of amides is 2. The number of halogens is 3. The summed E-state index contributed by atoms with van der Waals surface area (Å²) in [5.74, 6) is -0.528. The number of sulfonamides is 1. The highest BCUT2D eigenvalue weighted by atomic mass is 79.9. The molecule has 4 aromatic rings. The van der Waals surface area contributed by atoms with Gasteiger partial charge in [0.25, 0.3) is 10.0 Å². The minimum atomic E-state index is -4.30. The van der Waals surface area contributed by atoms with Gasteiger partial charge >= 0.3 is 0 Å². The van der Waals surface area contributed by atoms with Gasteiger partial charge in [0.15, 0.2) is 0 Å². The van der Waals surface area contributed by atoms with Crippen molar-refractivity contribution in [2.75, 3.05) is 18.0 Å². The third-order valence-electron chi connectivity index (χ3n) is 7.42. The monoisotopic (exact) mass is 773 g/mol. The van der Waals surface area contributed by atoms with Gasteiger partial charge in [-0.3, -0.25) is 13.9 Å². The number of benzene rings is 4. The minimum absolute atomic E-state index is 0.0410. The summed E-state index contributed by atoms with van der Waals surface area (Å²) in [6, 6.07) is 24.5. The molecule has 0 fully saturated rings. The molecule has 48 heavy (non-hydrogen) atoms. The third-order valence-corrected chi connectivity index (χ3v) is 10.5. The van der Waals surface area contributed by atoms with Gasteiger partial charge in [-0.25, -0.2) is 8.42 Å². The van der Waals surface area contributed by atoms with Gasteiger partial charge in [0.2, 0.25) is 11.8 Å². The second kappa shape index (κ2) is 15.8. The molecule has 1 N–H and O–H groups in total. The highest BCUT2D eigenvalue weighted by Crippen LogP contribution is 2.31. The summed E-state index contributed by atoms with van der Waals surface area (Å²) >= 11 is 15.9. The van der Waals surface area contributed by atoms with Crippen LogP contribution in [0, 0.1) is 6.92 Å². The maximum atomic E-state index is 14.6. The summed E-state index contributed by atoms with van der Waals surface area (Å²) < 4.78 is 35.5. The van der Waals surface area contributed by atoms with Crippen LogP contribution in [0.5, 0.6) is 5.75 Å². The molecule has 1 atom stereocenters. The molecule has 0 unspecified atom stereocenters. The van der Waals surface area contributed by atoms with Crippen molar-refractivity contribution in [3.05, 3.63) is 122 Å². The molecule has 2 amide bonds. The summed E-state index contributed by atoms with van der Waals surface area (Å²) in [6.45, 7) is 6.82. The highest BCUT2D eigenvalue weighted by molar-refractivity contribution is 9.10. The number of carbonyl (C=O) groups excluding carboxylic acids is 2. The van der Waals surface area contributed by atoms with Gasteiger partial charge in [-0.05, 0) is 97.2 Å². The first kappa shape index (κ1) is 37.3. The summed E-state index contributed by atoms with van der Waals surface area (Å²) in [5, 5.41) is 3.64. The van der Waals surface area contributed by atoms with E-state index in [1.165, 1.54) is 30.2 Å². The van der Waals surface area contributed by atoms with Gasteiger partial charge in [-0.2, -0.15) is 0 Å². The number of nitrogens with zero attached hydrogens (tertiary/aromatic N) is 2. The third kappa shape index (κ3) is 9.53. The van der Waals surface area contributed by atoms with Crippen LogP contribution in [0.3, 0.4) is 0 Å². The first-order chi connectivity index (χ1) is 22.6. The second-order valence-corrected chi connectivity index (χ2v) is 15.9. The average Bonchev–Trinajstić information content (AvgIpc) is 3.03. The summed E-state index contributed by atoms with van der Waals surface area (Å²) in [4.78, 5) is 30.0. The van der Waals surface area contributed by atoms with Gasteiger partial charge in [0.1, 0.15) is 18.3 Å². The van der Waals surface area contributed by atoms with Crippen molar-refractivity contribution in [3.63, 3.8) is 0 Å². The van der Waals surface area contributed by atoms with E-state index in [2.05, 4.69) is 21.2 Å². The lowest BCUT2D eigenvalue weighted by molar-refractivity contribution is -0.140. The molecule has 0 bridgehead atoms. The van der Waals surface area contributed by atoms with E-state index in [1.807, 2.05) is 58.0 Å². The predicted molar refractivity (Wildman–Crippen MR) is 195 cm³/mol. The molecule has 8 nitrogen and oxygen atoms in total. The number of carbonyl (C=O) groups is 2. The summed E-state index contributed by atoms with van der Waals surface area (Å²) in [7, 11) is -2.82. The van der Waals surface area contributed by atoms with Crippen molar-refractivity contribution in [1.29, 1.82) is 0 Å². The van der Waals surface area contributed by atoms with Gasteiger partial charge in [0, 0.05) is 18.5 Å². The Hall–Kier alpha value is -3.57. The van der Waals surface area contributed by atoms with E-state index in [-0.39, 0.29) is 34.5 Å². The smallest absolute Gasteiger partial charge is 0.264 e. The van der Waals surface area contributed by atoms with E-state index in [9.17, 15) is 18.0 Å². The van der Waals surface area contributed by atoms with Crippen LogP contribution >= 0.6 is 39.1 Å². The van der Waals surface area contributed by atoms with Gasteiger partial charge < -0.3 is 15.0 Å². The van der Waals surface area contributed by atoms with E-state index in [0.717, 1.165) is 15.4 Å². The molecule has 4 rings (SSSR count). The Morgan fingerprint density at radius 1 is 0.896 bits per heavy atom. The largest absolute Gasteiger partial charge is 0.496 e. The van der Waals surface area contributed by atoms with E-state index < -0.39 is 34.1 Å². The van der Waals surface area contributed by atoms with E-state index in [0.29, 0.717) is 20.8 Å². The van der Waals surface area contributed by atoms with Gasteiger partial charge in [-0.15, -0.1) is 0 Å². The Kier molecular flexibility index (Phi) is 12.2. The lowest BCUT2D eigenvalue weighted by Gasteiger charge is -2.35. The molecule has 254 valence electrons. The molecule has 0 aliphatic carbocycles. The SMILES string of the molecule is COc1ccc(S(=O)(=O)N(CC(=O)N(Cc2ccc(Cl)c(Cl)c2)[C@H](Cc2ccccc2)C(=O)NC(C)(C)C)c2ccc(C)cc2)cc1Br. The van der Waals surface area contributed by atoms with Gasteiger partial charge in [0.05, 0.1) is 32.2 Å². The van der Waals surface area contributed by atoms with Crippen LogP contribution in [0.4, 0.5) is 5.69 Å². The number of anilines is 1. The molecule has 0 aliphatic heterocycles. The minimum Gasteiger partial charge on any atom is -0.496 e. The molecule has 0 saturated heterocycles. The quantitative estimate of drug-likeness (QED) is 0.158. The van der Waals surface area contributed by atoms with Crippen LogP contribution < -0.4 is 14.4 Å². The van der Waals surface area contributed by atoms with Crippen LogP contribution in [-0.2, 0) is 32.6 Å². The van der Waals surface area contributed by atoms with Crippen LogP contribution in [-0.4, -0.2) is 50.4 Å². The molecule has 0 spiro atoms. The average molecular weight is 776 g/mol. The highest BCUT2D eigenvalue weighted by Gasteiger charge is 2.36. The van der Waals surface area contributed by atoms with E-state index in [1.54, 1.807) is 42.5 Å². The van der Waals surface area contributed by atoms with Crippen LogP contribution in [0.1, 0.15) is 37.5 Å². The fourth-order valence-corrected chi connectivity index (χ4v) is 7.47. The van der Waals surface area contributed by atoms with Crippen molar-refractivity contribution in [3.8, 4) is 5.75 Å². The van der Waals surface area contributed by atoms with Crippen molar-refractivity contribution >= 4 is 66.7 Å². The molecule has 4 aromatic carbocycles. The van der Waals surface area contributed by atoms with E-state index >= 15 is 0 Å². The Balaban J connectivity index is 1.84. The molecule has 0 heterocycles. The maximum absolute atomic E-state index is 14.6. The normalized spacial score (nSPS) is 12.2. The first-order valence-corrected chi connectivity index (χ1v) is 18.1. The Labute approximate surface area is 301 Å². The summed E-state index contributed by atoms with van der Waals surface area (Å²) in [6.07, 6.45) is 0.179. The number of rotatable bonds is 12. The second-order valence-electron chi connectivity index (χ2n) is 12.4. The van der Waals surface area contributed by atoms with Crippen molar-refractivity contribution in [2.24, 2.45) is 0 Å². The number of aryl methyl sites for hydroxylation is 1. The Morgan fingerprint density at radius 3 is 2.15 bits per heavy atom. The van der Waals surface area contributed by atoms with Crippen molar-refractivity contribution in [2.45, 2.75) is 57.1 Å². The molecule has 0 aromatic heterocycles. The van der Waals surface area contributed by atoms with Crippen LogP contribution in [0.2, 0.25) is 10.0 Å². The standard InChI is InChI=1S/C36H38BrCl2N3O5S/c1-24-11-14-27(15-12-24)42(48(45,46)28-16-18-33(47-5)29(37)21-28)23-34(43)41(22-26-13-17-30(38)31(39)19-26)32(35(44)40-36(2,3)4)20-25-9-7-6-8-10-25/h6-19,21,32H,20,22-23H2,1-5H3,(H,40,44)/t32-/m1/s1. The molecular weight excluding hydrogens is 737 g/mol. The summed E-state index contributed by atoms with van der Waals surface area (Å²) in [5.41, 5.74) is 2.03. The van der Waals surface area contributed by atoms with Crippen LogP contribution in [0.25, 0.3) is 0 Å². The molecule has 12 heteroatoms. The molecular formula is C36H38BrCl2N3O5S. The predicted octanol–water partition coefficient (Wildman–Crippen LogP) is 7.82. The number of methoxy groups -OCH3 is 1. The Bertz CT molecular complexity index is 1870. The zero-order valence-electron chi connectivity index (χ0n) is 27.3. The molecule has 0 radical (unpaired) electrons. The van der Waals surface area contributed by atoms with Crippen molar-refractivity contribution in [1.82, 2.24) is 10.2 Å². The topological polar surface area (TPSA) is 96.0 Å². The lowest BCUT2D eigenvalue weighted by atomic mass is 10.0. The molecule has 0 aliphatic rings.